The molecule has 6 heteroatoms. The second-order valence-electron chi connectivity index (χ2n) is 4.28. The first-order valence-corrected chi connectivity index (χ1v) is 5.88. The molecule has 0 fully saturated rings. The molecule has 1 amide bonds. The molecule has 1 aromatic carbocycles. The van der Waals surface area contributed by atoms with Crippen LogP contribution in [-0.2, 0) is 11.3 Å². The summed E-state index contributed by atoms with van der Waals surface area (Å²) in [7, 11) is 0. The van der Waals surface area contributed by atoms with Gasteiger partial charge in [-0.3, -0.25) is 9.48 Å². The lowest BCUT2D eigenvalue weighted by Gasteiger charge is -2.14. The van der Waals surface area contributed by atoms with Crippen molar-refractivity contribution in [3.8, 4) is 0 Å². The quantitative estimate of drug-likeness (QED) is 0.861. The summed E-state index contributed by atoms with van der Waals surface area (Å²) in [5.41, 5.74) is 6.36. The van der Waals surface area contributed by atoms with E-state index in [-0.39, 0.29) is 18.4 Å². The van der Waals surface area contributed by atoms with E-state index >= 15 is 0 Å². The highest BCUT2D eigenvalue weighted by molar-refractivity contribution is 5.73. The summed E-state index contributed by atoms with van der Waals surface area (Å²) in [4.78, 5) is 10.8. The first-order valence-electron chi connectivity index (χ1n) is 5.88. The van der Waals surface area contributed by atoms with Gasteiger partial charge in [-0.1, -0.05) is 18.2 Å². The molecule has 0 aliphatic carbocycles. The van der Waals surface area contributed by atoms with E-state index in [1.165, 1.54) is 10.7 Å². The zero-order valence-electron chi connectivity index (χ0n) is 10.5. The molecule has 2 rings (SSSR count). The van der Waals surface area contributed by atoms with Gasteiger partial charge in [0.1, 0.15) is 12.4 Å². The van der Waals surface area contributed by atoms with E-state index in [4.69, 9.17) is 5.73 Å². The number of carbonyl (C=O) groups is 1. The smallest absolute Gasteiger partial charge is 0.239 e. The highest BCUT2D eigenvalue weighted by Crippen LogP contribution is 2.20. The fourth-order valence-corrected chi connectivity index (χ4v) is 1.84. The molecule has 0 saturated heterocycles. The minimum atomic E-state index is -0.461. The van der Waals surface area contributed by atoms with Gasteiger partial charge in [-0.05, 0) is 13.0 Å². The Morgan fingerprint density at radius 3 is 2.95 bits per heavy atom. The van der Waals surface area contributed by atoms with E-state index in [0.717, 1.165) is 0 Å². The number of primary amides is 1. The first kappa shape index (κ1) is 13.1. The Morgan fingerprint density at radius 2 is 2.26 bits per heavy atom. The molecule has 5 nitrogen and oxygen atoms in total. The Hall–Kier alpha value is -2.37. The lowest BCUT2D eigenvalue weighted by molar-refractivity contribution is -0.118. The van der Waals surface area contributed by atoms with Crippen LogP contribution in [0.25, 0.3) is 0 Å². The number of halogens is 1. The molecule has 0 bridgehead atoms. The van der Waals surface area contributed by atoms with Crippen LogP contribution in [0.1, 0.15) is 18.5 Å². The van der Waals surface area contributed by atoms with Gasteiger partial charge < -0.3 is 11.1 Å². The fourth-order valence-electron chi connectivity index (χ4n) is 1.84. The molecule has 3 N–H and O–H groups in total. The largest absolute Gasteiger partial charge is 0.376 e. The third-order valence-corrected chi connectivity index (χ3v) is 2.71. The minimum Gasteiger partial charge on any atom is -0.376 e. The molecule has 0 spiro atoms. The maximum absolute atomic E-state index is 13.6. The Bertz CT molecular complexity index is 582. The minimum absolute atomic E-state index is 0.0236. The van der Waals surface area contributed by atoms with Crippen molar-refractivity contribution in [3.63, 3.8) is 0 Å². The van der Waals surface area contributed by atoms with E-state index in [9.17, 15) is 9.18 Å². The highest BCUT2D eigenvalue weighted by atomic mass is 19.1. The second kappa shape index (κ2) is 5.51. The van der Waals surface area contributed by atoms with E-state index < -0.39 is 5.91 Å². The molecule has 0 aliphatic heterocycles. The maximum atomic E-state index is 13.6. The van der Waals surface area contributed by atoms with Crippen LogP contribution in [0.2, 0.25) is 0 Å². The van der Waals surface area contributed by atoms with Crippen molar-refractivity contribution in [2.75, 3.05) is 5.32 Å². The zero-order valence-corrected chi connectivity index (χ0v) is 10.5. The van der Waals surface area contributed by atoms with Gasteiger partial charge in [0.2, 0.25) is 5.91 Å². The van der Waals surface area contributed by atoms with Crippen molar-refractivity contribution < 1.29 is 9.18 Å². The van der Waals surface area contributed by atoms with Crippen molar-refractivity contribution in [2.45, 2.75) is 19.5 Å². The van der Waals surface area contributed by atoms with E-state index in [1.807, 2.05) is 6.92 Å². The number of rotatable bonds is 5. The van der Waals surface area contributed by atoms with Crippen molar-refractivity contribution in [2.24, 2.45) is 5.73 Å². The number of benzene rings is 1. The number of hydrogen-bond donors (Lipinski definition) is 2. The predicted molar refractivity (Wildman–Crippen MR) is 69.9 cm³/mol. The fraction of sp³-hybridized carbons (Fsp3) is 0.231. The van der Waals surface area contributed by atoms with Gasteiger partial charge >= 0.3 is 0 Å². The van der Waals surface area contributed by atoms with Crippen LogP contribution in [0, 0.1) is 5.82 Å². The van der Waals surface area contributed by atoms with Gasteiger partial charge in [-0.2, -0.15) is 5.10 Å². The van der Waals surface area contributed by atoms with Gasteiger partial charge in [0.15, 0.2) is 0 Å². The highest BCUT2D eigenvalue weighted by Gasteiger charge is 2.11. The van der Waals surface area contributed by atoms with Crippen LogP contribution in [-0.4, -0.2) is 15.7 Å². The third kappa shape index (κ3) is 3.31. The average Bonchev–Trinajstić information content (AvgIpc) is 2.76. The molecule has 1 aromatic heterocycles. The molecule has 1 heterocycles. The topological polar surface area (TPSA) is 72.9 Å². The van der Waals surface area contributed by atoms with Crippen LogP contribution < -0.4 is 11.1 Å². The van der Waals surface area contributed by atoms with Crippen LogP contribution >= 0.6 is 0 Å². The lowest BCUT2D eigenvalue weighted by Crippen LogP contribution is -2.18. The summed E-state index contributed by atoms with van der Waals surface area (Å²) < 4.78 is 15.0. The number of nitrogens with one attached hydrogen (secondary N) is 1. The Kier molecular flexibility index (Phi) is 3.79. The SMILES string of the molecule is CC(Nc1cnn(CC(N)=O)c1)c1ccccc1F. The van der Waals surface area contributed by atoms with Crippen molar-refractivity contribution in [3.05, 3.63) is 48.0 Å². The van der Waals surface area contributed by atoms with Crippen LogP contribution in [0.15, 0.2) is 36.7 Å². The molecule has 1 unspecified atom stereocenters. The second-order valence-corrected chi connectivity index (χ2v) is 4.28. The van der Waals surface area contributed by atoms with Gasteiger partial charge in [0.05, 0.1) is 17.9 Å². The monoisotopic (exact) mass is 262 g/mol. The first-order chi connectivity index (χ1) is 9.06. The number of carbonyl (C=O) groups excluding carboxylic acids is 1. The number of anilines is 1. The van der Waals surface area contributed by atoms with Crippen molar-refractivity contribution >= 4 is 11.6 Å². The number of amides is 1. The Labute approximate surface area is 110 Å². The van der Waals surface area contributed by atoms with E-state index in [0.29, 0.717) is 11.3 Å². The standard InChI is InChI=1S/C13H15FN4O/c1-9(11-4-2-3-5-12(11)14)17-10-6-16-18(7-10)8-13(15)19/h2-7,9,17H,8H2,1H3,(H2,15,19). The Morgan fingerprint density at radius 1 is 1.53 bits per heavy atom. The van der Waals surface area contributed by atoms with Crippen LogP contribution in [0.3, 0.4) is 0 Å². The average molecular weight is 262 g/mol. The molecular weight excluding hydrogens is 247 g/mol. The normalized spacial score (nSPS) is 12.1. The molecule has 0 aliphatic rings. The van der Waals surface area contributed by atoms with E-state index in [2.05, 4.69) is 10.4 Å². The third-order valence-electron chi connectivity index (χ3n) is 2.71. The molecule has 2 aromatic rings. The van der Waals surface area contributed by atoms with Crippen molar-refractivity contribution in [1.29, 1.82) is 0 Å². The van der Waals surface area contributed by atoms with Crippen LogP contribution in [0.5, 0.6) is 0 Å². The molecule has 0 radical (unpaired) electrons. The number of hydrogen-bond acceptors (Lipinski definition) is 3. The number of nitrogens with two attached hydrogens (primary N) is 1. The summed E-state index contributed by atoms with van der Waals surface area (Å²) in [6.45, 7) is 1.87. The van der Waals surface area contributed by atoms with Crippen molar-refractivity contribution in [1.82, 2.24) is 9.78 Å². The molecule has 1 atom stereocenters. The predicted octanol–water partition coefficient (Wildman–Crippen LogP) is 1.68. The molecular formula is C13H15FN4O. The van der Waals surface area contributed by atoms with Gasteiger partial charge in [-0.15, -0.1) is 0 Å². The zero-order chi connectivity index (χ0) is 13.8. The van der Waals surface area contributed by atoms with E-state index in [1.54, 1.807) is 30.6 Å². The molecule has 19 heavy (non-hydrogen) atoms. The summed E-state index contributed by atoms with van der Waals surface area (Å²) in [5, 5.41) is 7.10. The maximum Gasteiger partial charge on any atom is 0.239 e. The number of aromatic nitrogens is 2. The molecule has 100 valence electrons. The lowest BCUT2D eigenvalue weighted by atomic mass is 10.1. The van der Waals surface area contributed by atoms with Gasteiger partial charge in [-0.25, -0.2) is 4.39 Å². The Balaban J connectivity index is 2.07. The van der Waals surface area contributed by atoms with Gasteiger partial charge in [0.25, 0.3) is 0 Å². The van der Waals surface area contributed by atoms with Crippen LogP contribution in [0.4, 0.5) is 10.1 Å². The summed E-state index contributed by atoms with van der Waals surface area (Å²) in [5.74, 6) is -0.719. The molecule has 0 saturated carbocycles. The summed E-state index contributed by atoms with van der Waals surface area (Å²) in [6.07, 6.45) is 3.22. The summed E-state index contributed by atoms with van der Waals surface area (Å²) in [6, 6.07) is 6.38. The number of nitrogens with zero attached hydrogens (tertiary/aromatic N) is 2. The van der Waals surface area contributed by atoms with Gasteiger partial charge in [0, 0.05) is 11.8 Å². The summed E-state index contributed by atoms with van der Waals surface area (Å²) >= 11 is 0.